The van der Waals surface area contributed by atoms with Crippen molar-refractivity contribution in [3.63, 3.8) is 0 Å². The van der Waals surface area contributed by atoms with Gasteiger partial charge in [0.1, 0.15) is 0 Å². The minimum atomic E-state index is -0.656. The van der Waals surface area contributed by atoms with Crippen LogP contribution in [0.5, 0.6) is 0 Å². The molecule has 0 fully saturated rings. The van der Waals surface area contributed by atoms with Crippen LogP contribution in [-0.4, -0.2) is 11.1 Å². The van der Waals surface area contributed by atoms with Crippen LogP contribution in [0, 0.1) is 0 Å². The molecule has 180 valence electrons. The largest absolute Gasteiger partial charge is 0.481 e. The highest BCUT2D eigenvalue weighted by molar-refractivity contribution is 5.66. The Labute approximate surface area is 194 Å². The van der Waals surface area contributed by atoms with Crippen LogP contribution in [-0.2, 0) is 4.79 Å². The zero-order chi connectivity index (χ0) is 22.7. The van der Waals surface area contributed by atoms with Crippen molar-refractivity contribution in [3.05, 3.63) is 36.5 Å². The van der Waals surface area contributed by atoms with Gasteiger partial charge in [0.15, 0.2) is 0 Å². The SMILES string of the molecule is CCCCC=CCC=CCC=CCCCCCCCCCCCCCCCCC(=O)O. The lowest BCUT2D eigenvalue weighted by atomic mass is 10.0. The third-order valence-corrected chi connectivity index (χ3v) is 5.78. The molecule has 0 saturated heterocycles. The van der Waals surface area contributed by atoms with E-state index < -0.39 is 5.97 Å². The minimum absolute atomic E-state index is 0.339. The molecular weight excluding hydrogens is 380 g/mol. The van der Waals surface area contributed by atoms with Gasteiger partial charge < -0.3 is 5.11 Å². The Morgan fingerprint density at radius 1 is 0.516 bits per heavy atom. The summed E-state index contributed by atoms with van der Waals surface area (Å²) >= 11 is 0. The number of rotatable bonds is 24. The van der Waals surface area contributed by atoms with E-state index in [-0.39, 0.29) is 0 Å². The van der Waals surface area contributed by atoms with Crippen molar-refractivity contribution >= 4 is 5.97 Å². The first-order chi connectivity index (χ1) is 15.3. The molecule has 31 heavy (non-hydrogen) atoms. The first-order valence-electron chi connectivity index (χ1n) is 13.4. The summed E-state index contributed by atoms with van der Waals surface area (Å²) in [6.07, 6.45) is 39.6. The van der Waals surface area contributed by atoms with E-state index in [1.165, 1.54) is 103 Å². The van der Waals surface area contributed by atoms with Gasteiger partial charge >= 0.3 is 5.97 Å². The predicted molar refractivity (Wildman–Crippen MR) is 138 cm³/mol. The van der Waals surface area contributed by atoms with Crippen LogP contribution in [0.25, 0.3) is 0 Å². The summed E-state index contributed by atoms with van der Waals surface area (Å²) in [5.74, 6) is -0.656. The smallest absolute Gasteiger partial charge is 0.303 e. The summed E-state index contributed by atoms with van der Waals surface area (Å²) < 4.78 is 0. The van der Waals surface area contributed by atoms with Crippen molar-refractivity contribution in [1.82, 2.24) is 0 Å². The van der Waals surface area contributed by atoms with Gasteiger partial charge in [0.25, 0.3) is 0 Å². The van der Waals surface area contributed by atoms with E-state index in [1.54, 1.807) is 0 Å². The van der Waals surface area contributed by atoms with E-state index in [1.807, 2.05) is 0 Å². The van der Waals surface area contributed by atoms with Crippen LogP contribution < -0.4 is 0 Å². The molecule has 0 aromatic heterocycles. The highest BCUT2D eigenvalue weighted by Gasteiger charge is 1.97. The number of carbonyl (C=O) groups is 1. The molecule has 0 aliphatic heterocycles. The van der Waals surface area contributed by atoms with E-state index in [2.05, 4.69) is 43.4 Å². The number of hydrogen-bond donors (Lipinski definition) is 1. The Hall–Kier alpha value is -1.31. The van der Waals surface area contributed by atoms with Crippen molar-refractivity contribution in [2.24, 2.45) is 0 Å². The van der Waals surface area contributed by atoms with Gasteiger partial charge in [-0.25, -0.2) is 0 Å². The van der Waals surface area contributed by atoms with Crippen molar-refractivity contribution in [3.8, 4) is 0 Å². The first-order valence-corrected chi connectivity index (χ1v) is 13.4. The van der Waals surface area contributed by atoms with Crippen LogP contribution in [0.3, 0.4) is 0 Å². The van der Waals surface area contributed by atoms with Crippen molar-refractivity contribution in [2.75, 3.05) is 0 Å². The summed E-state index contributed by atoms with van der Waals surface area (Å²) in [6, 6.07) is 0. The van der Waals surface area contributed by atoms with Gasteiger partial charge in [0.05, 0.1) is 0 Å². The van der Waals surface area contributed by atoms with Crippen molar-refractivity contribution < 1.29 is 9.90 Å². The Balaban J connectivity index is 3.17. The highest BCUT2D eigenvalue weighted by Crippen LogP contribution is 2.14. The van der Waals surface area contributed by atoms with Gasteiger partial charge in [-0.1, -0.05) is 133 Å². The van der Waals surface area contributed by atoms with Crippen LogP contribution in [0.1, 0.15) is 142 Å². The molecule has 0 bridgehead atoms. The Morgan fingerprint density at radius 2 is 0.871 bits per heavy atom. The third kappa shape index (κ3) is 28.7. The van der Waals surface area contributed by atoms with Gasteiger partial charge in [0, 0.05) is 6.42 Å². The normalized spacial score (nSPS) is 12.0. The van der Waals surface area contributed by atoms with Gasteiger partial charge in [-0.3, -0.25) is 4.79 Å². The van der Waals surface area contributed by atoms with Crippen LogP contribution in [0.4, 0.5) is 0 Å². The second-order valence-electron chi connectivity index (χ2n) is 8.91. The first kappa shape index (κ1) is 29.7. The maximum absolute atomic E-state index is 10.4. The molecule has 1 N–H and O–H groups in total. The van der Waals surface area contributed by atoms with Crippen LogP contribution in [0.15, 0.2) is 36.5 Å². The second-order valence-corrected chi connectivity index (χ2v) is 8.91. The number of hydrogen-bond acceptors (Lipinski definition) is 1. The van der Waals surface area contributed by atoms with E-state index in [4.69, 9.17) is 5.11 Å². The van der Waals surface area contributed by atoms with Gasteiger partial charge in [-0.2, -0.15) is 0 Å². The molecule has 0 aliphatic carbocycles. The average molecular weight is 433 g/mol. The standard InChI is InChI=1S/C29H52O2/c1-2-3-4-5-6-7-8-9-10-11-12-13-14-15-16-17-18-19-20-21-22-23-24-25-26-27-28-29(30)31/h5-6,8-9,11-12H,2-4,7,10,13-28H2,1H3,(H,30,31). The number of carboxylic acid groups (broad SMARTS) is 1. The van der Waals surface area contributed by atoms with Crippen LogP contribution in [0.2, 0.25) is 0 Å². The molecule has 0 atom stereocenters. The molecule has 0 aromatic carbocycles. The Bertz CT molecular complexity index is 448. The van der Waals surface area contributed by atoms with Crippen LogP contribution >= 0.6 is 0 Å². The monoisotopic (exact) mass is 432 g/mol. The maximum atomic E-state index is 10.4. The van der Waals surface area contributed by atoms with Crippen molar-refractivity contribution in [1.29, 1.82) is 0 Å². The summed E-state index contributed by atoms with van der Waals surface area (Å²) in [4.78, 5) is 10.4. The third-order valence-electron chi connectivity index (χ3n) is 5.78. The summed E-state index contributed by atoms with van der Waals surface area (Å²) in [5.41, 5.74) is 0. The molecule has 0 rings (SSSR count). The molecule has 2 nitrogen and oxygen atoms in total. The molecule has 0 amide bonds. The van der Waals surface area contributed by atoms with E-state index in [0.717, 1.165) is 25.7 Å². The molecule has 0 spiro atoms. The van der Waals surface area contributed by atoms with Gasteiger partial charge in [0.2, 0.25) is 0 Å². The van der Waals surface area contributed by atoms with E-state index in [0.29, 0.717) is 6.42 Å². The Morgan fingerprint density at radius 3 is 1.29 bits per heavy atom. The fourth-order valence-electron chi connectivity index (χ4n) is 3.76. The lowest BCUT2D eigenvalue weighted by Gasteiger charge is -2.03. The predicted octanol–water partition coefficient (Wildman–Crippen LogP) is 9.95. The van der Waals surface area contributed by atoms with Crippen molar-refractivity contribution in [2.45, 2.75) is 142 Å². The second kappa shape index (κ2) is 26.7. The number of carboxylic acids is 1. The molecule has 0 aliphatic rings. The maximum Gasteiger partial charge on any atom is 0.303 e. The Kier molecular flexibility index (Phi) is 25.6. The van der Waals surface area contributed by atoms with Gasteiger partial charge in [-0.05, 0) is 38.5 Å². The number of aliphatic carboxylic acids is 1. The average Bonchev–Trinajstić information content (AvgIpc) is 2.76. The molecule has 2 heteroatoms. The zero-order valence-corrected chi connectivity index (χ0v) is 20.7. The lowest BCUT2D eigenvalue weighted by Crippen LogP contribution is -1.93. The fourth-order valence-corrected chi connectivity index (χ4v) is 3.76. The summed E-state index contributed by atoms with van der Waals surface area (Å²) in [7, 11) is 0. The number of allylic oxidation sites excluding steroid dienone is 6. The lowest BCUT2D eigenvalue weighted by molar-refractivity contribution is -0.137. The summed E-state index contributed by atoms with van der Waals surface area (Å²) in [6.45, 7) is 2.24. The molecule has 0 heterocycles. The summed E-state index contributed by atoms with van der Waals surface area (Å²) in [5, 5.41) is 8.60. The minimum Gasteiger partial charge on any atom is -0.481 e. The van der Waals surface area contributed by atoms with Gasteiger partial charge in [-0.15, -0.1) is 0 Å². The molecule has 0 aromatic rings. The van der Waals surface area contributed by atoms with E-state index in [9.17, 15) is 4.79 Å². The topological polar surface area (TPSA) is 37.3 Å². The molecular formula is C29H52O2. The van der Waals surface area contributed by atoms with E-state index >= 15 is 0 Å². The molecule has 0 unspecified atom stereocenters. The number of unbranched alkanes of at least 4 members (excludes halogenated alkanes) is 16. The fraction of sp³-hybridized carbons (Fsp3) is 0.759. The molecule has 0 saturated carbocycles. The quantitative estimate of drug-likeness (QED) is 0.122. The molecule has 0 radical (unpaired) electrons. The highest BCUT2D eigenvalue weighted by atomic mass is 16.4. The zero-order valence-electron chi connectivity index (χ0n) is 20.7.